The zero-order valence-corrected chi connectivity index (χ0v) is 12.6. The molecule has 0 aromatic heterocycles. The standard InChI is InChI=1S/C15H22O8/c16-5-9-11(17)12(18)13(19)15(23-9)22-6-8-2-1-7-3-4-21-14(20)10(7)8/h2,7,9-13,15-19H,1,3-6H2/t7-,9-,10+,11-,12+,13-,15-/m1/s1. The average Bonchev–Trinajstić information content (AvgIpc) is 2.97. The molecule has 0 aromatic carbocycles. The van der Waals surface area contributed by atoms with Crippen LogP contribution in [0.1, 0.15) is 12.8 Å². The molecule has 0 spiro atoms. The van der Waals surface area contributed by atoms with E-state index >= 15 is 0 Å². The minimum absolute atomic E-state index is 0.0545. The lowest BCUT2D eigenvalue weighted by molar-refractivity contribution is -0.299. The monoisotopic (exact) mass is 330 g/mol. The molecule has 2 fully saturated rings. The lowest BCUT2D eigenvalue weighted by Crippen LogP contribution is -2.59. The highest BCUT2D eigenvalue weighted by Crippen LogP contribution is 2.38. The predicted octanol–water partition coefficient (Wildman–Crippen LogP) is -1.69. The molecule has 8 nitrogen and oxygen atoms in total. The summed E-state index contributed by atoms with van der Waals surface area (Å²) in [5, 5.41) is 38.5. The van der Waals surface area contributed by atoms with E-state index in [0.717, 1.165) is 18.4 Å². The van der Waals surface area contributed by atoms with Gasteiger partial charge in [-0.05, 0) is 24.3 Å². The molecule has 3 rings (SSSR count). The summed E-state index contributed by atoms with van der Waals surface area (Å²) in [7, 11) is 0. The van der Waals surface area contributed by atoms with Crippen molar-refractivity contribution in [3.05, 3.63) is 11.6 Å². The molecule has 4 N–H and O–H groups in total. The molecule has 8 heteroatoms. The van der Waals surface area contributed by atoms with E-state index in [4.69, 9.17) is 19.3 Å². The highest BCUT2D eigenvalue weighted by atomic mass is 16.7. The van der Waals surface area contributed by atoms with Gasteiger partial charge in [0, 0.05) is 0 Å². The van der Waals surface area contributed by atoms with Gasteiger partial charge in [0.1, 0.15) is 24.4 Å². The van der Waals surface area contributed by atoms with E-state index in [2.05, 4.69) is 0 Å². The van der Waals surface area contributed by atoms with Crippen molar-refractivity contribution < 1.29 is 39.4 Å². The normalized spacial score (nSPS) is 43.7. The molecule has 130 valence electrons. The Hall–Kier alpha value is -1.03. The number of cyclic esters (lactones) is 1. The second-order valence-electron chi connectivity index (χ2n) is 6.22. The van der Waals surface area contributed by atoms with Gasteiger partial charge in [-0.25, -0.2) is 0 Å². The van der Waals surface area contributed by atoms with Crippen molar-refractivity contribution in [2.75, 3.05) is 19.8 Å². The van der Waals surface area contributed by atoms with Crippen molar-refractivity contribution in [3.8, 4) is 0 Å². The van der Waals surface area contributed by atoms with Crippen molar-refractivity contribution in [2.45, 2.75) is 43.5 Å². The average molecular weight is 330 g/mol. The fourth-order valence-corrected chi connectivity index (χ4v) is 3.43. The van der Waals surface area contributed by atoms with E-state index in [0.29, 0.717) is 6.61 Å². The topological polar surface area (TPSA) is 126 Å². The number of aliphatic hydroxyl groups is 4. The smallest absolute Gasteiger partial charge is 0.313 e. The van der Waals surface area contributed by atoms with E-state index in [1.807, 2.05) is 6.08 Å². The van der Waals surface area contributed by atoms with E-state index < -0.39 is 37.3 Å². The molecule has 0 saturated carbocycles. The van der Waals surface area contributed by atoms with Gasteiger partial charge >= 0.3 is 5.97 Å². The zero-order valence-electron chi connectivity index (χ0n) is 12.6. The quantitative estimate of drug-likeness (QED) is 0.355. The maximum Gasteiger partial charge on any atom is 0.313 e. The van der Waals surface area contributed by atoms with Crippen LogP contribution in [0.25, 0.3) is 0 Å². The number of fused-ring (bicyclic) bond motifs is 1. The molecule has 1 aliphatic carbocycles. The number of hydrogen-bond donors (Lipinski definition) is 4. The first-order chi connectivity index (χ1) is 11.0. The first kappa shape index (κ1) is 16.8. The predicted molar refractivity (Wildman–Crippen MR) is 75.0 cm³/mol. The maximum absolute atomic E-state index is 11.9. The zero-order chi connectivity index (χ0) is 16.6. The van der Waals surface area contributed by atoms with Gasteiger partial charge in [0.05, 0.1) is 25.7 Å². The molecular weight excluding hydrogens is 308 g/mol. The number of hydrogen-bond acceptors (Lipinski definition) is 8. The Bertz CT molecular complexity index is 476. The summed E-state index contributed by atoms with van der Waals surface area (Å²) in [5.41, 5.74) is 0.775. The van der Waals surface area contributed by atoms with Crippen molar-refractivity contribution in [3.63, 3.8) is 0 Å². The highest BCUT2D eigenvalue weighted by molar-refractivity contribution is 5.77. The Balaban J connectivity index is 1.60. The first-order valence-electron chi connectivity index (χ1n) is 7.80. The third-order valence-electron chi connectivity index (χ3n) is 4.80. The van der Waals surface area contributed by atoms with Gasteiger partial charge in [0.15, 0.2) is 6.29 Å². The number of rotatable bonds is 4. The molecule has 3 aliphatic rings. The van der Waals surface area contributed by atoms with E-state index in [1.165, 1.54) is 0 Å². The maximum atomic E-state index is 11.9. The summed E-state index contributed by atoms with van der Waals surface area (Å²) >= 11 is 0. The lowest BCUT2D eigenvalue weighted by atomic mass is 9.87. The largest absolute Gasteiger partial charge is 0.465 e. The molecule has 0 aromatic rings. The Morgan fingerprint density at radius 2 is 2.00 bits per heavy atom. The van der Waals surface area contributed by atoms with Crippen LogP contribution in [-0.4, -0.2) is 76.9 Å². The second-order valence-corrected chi connectivity index (χ2v) is 6.22. The van der Waals surface area contributed by atoms with Crippen LogP contribution >= 0.6 is 0 Å². The number of ether oxygens (including phenoxy) is 3. The van der Waals surface area contributed by atoms with E-state index in [9.17, 15) is 20.1 Å². The summed E-state index contributed by atoms with van der Waals surface area (Å²) in [6.45, 7) is -0.0157. The first-order valence-corrected chi connectivity index (χ1v) is 7.80. The summed E-state index contributed by atoms with van der Waals surface area (Å²) in [4.78, 5) is 11.9. The molecule has 7 atom stereocenters. The van der Waals surface area contributed by atoms with E-state index in [-0.39, 0.29) is 24.4 Å². The molecule has 0 unspecified atom stereocenters. The van der Waals surface area contributed by atoms with Crippen LogP contribution in [0, 0.1) is 11.8 Å². The van der Waals surface area contributed by atoms with Gasteiger partial charge in [-0.15, -0.1) is 0 Å². The minimum Gasteiger partial charge on any atom is -0.465 e. The van der Waals surface area contributed by atoms with Crippen LogP contribution in [-0.2, 0) is 19.0 Å². The fourth-order valence-electron chi connectivity index (χ4n) is 3.43. The summed E-state index contributed by atoms with van der Waals surface area (Å²) in [6.07, 6.45) is -3.00. The Kier molecular flexibility index (Phi) is 5.00. The fraction of sp³-hybridized carbons (Fsp3) is 0.800. The van der Waals surface area contributed by atoms with Crippen LogP contribution in [0.15, 0.2) is 11.6 Å². The number of carbonyl (C=O) groups excluding carboxylic acids is 1. The van der Waals surface area contributed by atoms with Crippen LogP contribution in [0.2, 0.25) is 0 Å². The number of aliphatic hydroxyl groups excluding tert-OH is 4. The number of esters is 1. The minimum atomic E-state index is -1.48. The molecular formula is C15H22O8. The van der Waals surface area contributed by atoms with Crippen molar-refractivity contribution in [2.24, 2.45) is 11.8 Å². The highest BCUT2D eigenvalue weighted by Gasteiger charge is 2.45. The van der Waals surface area contributed by atoms with Crippen molar-refractivity contribution >= 4 is 5.97 Å². The van der Waals surface area contributed by atoms with Gasteiger partial charge in [0.2, 0.25) is 0 Å². The van der Waals surface area contributed by atoms with Crippen LogP contribution in [0.4, 0.5) is 0 Å². The molecule has 0 radical (unpaired) electrons. The van der Waals surface area contributed by atoms with Gasteiger partial charge in [-0.2, -0.15) is 0 Å². The molecule has 2 saturated heterocycles. The summed E-state index contributed by atoms with van der Waals surface area (Å²) in [6, 6.07) is 0. The van der Waals surface area contributed by atoms with Crippen molar-refractivity contribution in [1.29, 1.82) is 0 Å². The summed E-state index contributed by atoms with van der Waals surface area (Å²) in [5.74, 6) is -0.360. The van der Waals surface area contributed by atoms with Gasteiger partial charge in [-0.3, -0.25) is 4.79 Å². The Morgan fingerprint density at radius 1 is 1.22 bits per heavy atom. The second kappa shape index (κ2) is 6.84. The third-order valence-corrected chi connectivity index (χ3v) is 4.80. The van der Waals surface area contributed by atoms with E-state index in [1.54, 1.807) is 0 Å². The van der Waals surface area contributed by atoms with Crippen molar-refractivity contribution in [1.82, 2.24) is 0 Å². The molecule has 2 aliphatic heterocycles. The lowest BCUT2D eigenvalue weighted by Gasteiger charge is -2.39. The third kappa shape index (κ3) is 3.15. The SMILES string of the molecule is O=C1OCC[C@H]2CC=C(CO[C@@H]3O[C@H](CO)[C@@H](O)[C@H](O)[C@H]3O)[C@@H]12. The van der Waals surface area contributed by atoms with Crippen LogP contribution < -0.4 is 0 Å². The van der Waals surface area contributed by atoms with Gasteiger partial charge in [0.25, 0.3) is 0 Å². The molecule has 2 heterocycles. The molecule has 0 amide bonds. The molecule has 0 bridgehead atoms. The summed E-state index contributed by atoms with van der Waals surface area (Å²) < 4.78 is 15.9. The number of allylic oxidation sites excluding steroid dienone is 1. The Morgan fingerprint density at radius 3 is 2.74 bits per heavy atom. The molecule has 23 heavy (non-hydrogen) atoms. The Labute approximate surface area is 133 Å². The number of carbonyl (C=O) groups is 1. The van der Waals surface area contributed by atoms with Gasteiger partial charge < -0.3 is 34.6 Å². The van der Waals surface area contributed by atoms with Crippen LogP contribution in [0.5, 0.6) is 0 Å². The van der Waals surface area contributed by atoms with Gasteiger partial charge in [-0.1, -0.05) is 6.08 Å². The van der Waals surface area contributed by atoms with Crippen LogP contribution in [0.3, 0.4) is 0 Å².